The summed E-state index contributed by atoms with van der Waals surface area (Å²) < 4.78 is 7.55. The zero-order chi connectivity index (χ0) is 18.6. The molecule has 27 heavy (non-hydrogen) atoms. The van der Waals surface area contributed by atoms with Gasteiger partial charge >= 0.3 is 0 Å². The van der Waals surface area contributed by atoms with Gasteiger partial charge in [0.2, 0.25) is 5.88 Å². The lowest BCUT2D eigenvalue weighted by Gasteiger charge is -2.29. The summed E-state index contributed by atoms with van der Waals surface area (Å²) >= 11 is 0. The highest BCUT2D eigenvalue weighted by molar-refractivity contribution is 5.61. The van der Waals surface area contributed by atoms with Crippen LogP contribution in [0.1, 0.15) is 18.9 Å². The lowest BCUT2D eigenvalue weighted by atomic mass is 10.1. The van der Waals surface area contributed by atoms with Crippen molar-refractivity contribution in [3.8, 4) is 29.1 Å². The van der Waals surface area contributed by atoms with Crippen LogP contribution < -0.4 is 10.5 Å². The number of nitrogens with zero attached hydrogens (tertiary/aromatic N) is 5. The summed E-state index contributed by atoms with van der Waals surface area (Å²) in [7, 11) is 0. The second-order valence-electron chi connectivity index (χ2n) is 6.54. The number of benzene rings is 1. The molecule has 0 amide bonds. The molecule has 7 nitrogen and oxygen atoms in total. The van der Waals surface area contributed by atoms with Crippen LogP contribution in [0.4, 0.5) is 5.82 Å². The Balaban J connectivity index is 1.51. The van der Waals surface area contributed by atoms with E-state index in [4.69, 9.17) is 15.7 Å². The number of aromatic nitrogens is 3. The summed E-state index contributed by atoms with van der Waals surface area (Å²) in [6.45, 7) is 1.44. The van der Waals surface area contributed by atoms with Crippen LogP contribution in [0.25, 0.3) is 11.3 Å². The Hall–Kier alpha value is -3.53. The van der Waals surface area contributed by atoms with Gasteiger partial charge < -0.3 is 15.4 Å². The molecule has 2 aromatic heterocycles. The maximum absolute atomic E-state index is 9.13. The molecular weight excluding hydrogens is 340 g/mol. The number of rotatable bonds is 4. The Labute approximate surface area is 157 Å². The van der Waals surface area contributed by atoms with Gasteiger partial charge in [0.1, 0.15) is 11.6 Å². The van der Waals surface area contributed by atoms with Crippen molar-refractivity contribution in [2.24, 2.45) is 0 Å². The molecule has 0 aliphatic carbocycles. The molecule has 3 aromatic rings. The average molecular weight is 360 g/mol. The van der Waals surface area contributed by atoms with E-state index in [1.165, 1.54) is 0 Å². The van der Waals surface area contributed by atoms with Crippen LogP contribution >= 0.6 is 0 Å². The molecule has 0 saturated carbocycles. The highest BCUT2D eigenvalue weighted by Gasteiger charge is 2.23. The zero-order valence-electron chi connectivity index (χ0n) is 14.8. The first-order valence-electron chi connectivity index (χ1n) is 8.92. The number of para-hydroxylation sites is 1. The van der Waals surface area contributed by atoms with E-state index in [0.717, 1.165) is 36.4 Å². The number of nitrogens with two attached hydrogens (primary N) is 1. The Bertz CT molecular complexity index is 945. The Morgan fingerprint density at radius 2 is 2.04 bits per heavy atom. The van der Waals surface area contributed by atoms with E-state index in [-0.39, 0.29) is 6.04 Å². The third kappa shape index (κ3) is 3.70. The molecular formula is C20H20N6O. The van der Waals surface area contributed by atoms with Gasteiger partial charge in [-0.15, -0.1) is 0 Å². The van der Waals surface area contributed by atoms with E-state index < -0.39 is 0 Å². The van der Waals surface area contributed by atoms with Crippen LogP contribution in [0.15, 0.2) is 54.7 Å². The van der Waals surface area contributed by atoms with Crippen molar-refractivity contribution in [1.29, 1.82) is 5.26 Å². The number of piperidine rings is 1. The molecule has 1 saturated heterocycles. The number of nitrogen functional groups attached to an aromatic ring is 1. The molecule has 1 aliphatic heterocycles. The highest BCUT2D eigenvalue weighted by atomic mass is 16.5. The molecule has 1 aliphatic rings. The lowest BCUT2D eigenvalue weighted by Crippen LogP contribution is -2.34. The topological polar surface area (TPSA) is 93.0 Å². The maximum Gasteiger partial charge on any atom is 0.219 e. The predicted molar refractivity (Wildman–Crippen MR) is 102 cm³/mol. The van der Waals surface area contributed by atoms with E-state index in [1.54, 1.807) is 11.1 Å². The minimum atomic E-state index is 0.112. The normalized spacial score (nSPS) is 16.7. The molecule has 1 atom stereocenters. The Kier molecular flexibility index (Phi) is 4.62. The first-order chi connectivity index (χ1) is 13.2. The lowest BCUT2D eigenvalue weighted by molar-refractivity contribution is 0.235. The molecule has 0 radical (unpaired) electrons. The van der Waals surface area contributed by atoms with Gasteiger partial charge in [-0.05, 0) is 31.0 Å². The second-order valence-corrected chi connectivity index (χ2v) is 6.54. The van der Waals surface area contributed by atoms with E-state index in [1.807, 2.05) is 53.2 Å². The molecule has 0 spiro atoms. The molecule has 3 heterocycles. The number of nitriles is 1. The highest BCUT2D eigenvalue weighted by Crippen LogP contribution is 2.28. The zero-order valence-corrected chi connectivity index (χ0v) is 14.8. The minimum absolute atomic E-state index is 0.112. The third-order valence-corrected chi connectivity index (χ3v) is 4.65. The summed E-state index contributed by atoms with van der Waals surface area (Å²) in [5.74, 6) is 1.86. The van der Waals surface area contributed by atoms with Gasteiger partial charge in [0.15, 0.2) is 6.19 Å². The van der Waals surface area contributed by atoms with Crippen LogP contribution in [0, 0.1) is 11.5 Å². The molecule has 7 heteroatoms. The second kappa shape index (κ2) is 7.38. The molecule has 136 valence electrons. The predicted octanol–water partition coefficient (Wildman–Crippen LogP) is 3.44. The van der Waals surface area contributed by atoms with E-state index in [2.05, 4.69) is 16.3 Å². The average Bonchev–Trinajstić information content (AvgIpc) is 3.11. The summed E-state index contributed by atoms with van der Waals surface area (Å²) in [6.07, 6.45) is 5.87. The maximum atomic E-state index is 9.13. The summed E-state index contributed by atoms with van der Waals surface area (Å²) in [6, 6.07) is 15.2. The first-order valence-corrected chi connectivity index (χ1v) is 8.92. The number of likely N-dealkylation sites (tertiary alicyclic amines) is 1. The van der Waals surface area contributed by atoms with Gasteiger partial charge in [0.25, 0.3) is 0 Å². The van der Waals surface area contributed by atoms with Crippen molar-refractivity contribution in [2.45, 2.75) is 18.9 Å². The molecule has 0 bridgehead atoms. The number of anilines is 1. The van der Waals surface area contributed by atoms with Crippen molar-refractivity contribution in [2.75, 3.05) is 18.8 Å². The molecule has 1 unspecified atom stereocenters. The van der Waals surface area contributed by atoms with Gasteiger partial charge in [-0.1, -0.05) is 18.2 Å². The van der Waals surface area contributed by atoms with Crippen LogP contribution in [-0.2, 0) is 0 Å². The summed E-state index contributed by atoms with van der Waals surface area (Å²) in [4.78, 5) is 6.12. The van der Waals surface area contributed by atoms with Crippen LogP contribution in [-0.4, -0.2) is 32.8 Å². The van der Waals surface area contributed by atoms with Gasteiger partial charge in [-0.25, -0.2) is 9.67 Å². The number of ether oxygens (including phenoxy) is 1. The molecule has 2 N–H and O–H groups in total. The molecule has 1 aromatic carbocycles. The summed E-state index contributed by atoms with van der Waals surface area (Å²) in [5, 5.41) is 13.8. The minimum Gasteiger partial charge on any atom is -0.439 e. The van der Waals surface area contributed by atoms with Gasteiger partial charge in [0, 0.05) is 30.4 Å². The van der Waals surface area contributed by atoms with Crippen molar-refractivity contribution in [3.63, 3.8) is 0 Å². The largest absolute Gasteiger partial charge is 0.439 e. The van der Waals surface area contributed by atoms with E-state index in [0.29, 0.717) is 18.2 Å². The number of pyridine rings is 1. The quantitative estimate of drug-likeness (QED) is 0.717. The fraction of sp³-hybridized carbons (Fsp3) is 0.250. The molecule has 4 rings (SSSR count). The van der Waals surface area contributed by atoms with Gasteiger partial charge in [0.05, 0.1) is 18.3 Å². The van der Waals surface area contributed by atoms with Crippen molar-refractivity contribution < 1.29 is 4.74 Å². The van der Waals surface area contributed by atoms with Crippen LogP contribution in [0.3, 0.4) is 0 Å². The van der Waals surface area contributed by atoms with Crippen molar-refractivity contribution >= 4 is 5.82 Å². The smallest absolute Gasteiger partial charge is 0.219 e. The summed E-state index contributed by atoms with van der Waals surface area (Å²) in [5.41, 5.74) is 7.82. The van der Waals surface area contributed by atoms with Gasteiger partial charge in [-0.2, -0.15) is 10.4 Å². The Morgan fingerprint density at radius 3 is 2.78 bits per heavy atom. The Morgan fingerprint density at radius 1 is 1.19 bits per heavy atom. The SMILES string of the molecule is N#CN1CCCC(n2nc(-c3ccc(Oc4ccccc4)nc3)cc2N)C1. The van der Waals surface area contributed by atoms with Crippen LogP contribution in [0.5, 0.6) is 11.6 Å². The third-order valence-electron chi connectivity index (χ3n) is 4.65. The van der Waals surface area contributed by atoms with E-state index >= 15 is 0 Å². The van der Waals surface area contributed by atoms with Gasteiger partial charge in [-0.3, -0.25) is 0 Å². The van der Waals surface area contributed by atoms with Crippen molar-refractivity contribution in [1.82, 2.24) is 19.7 Å². The monoisotopic (exact) mass is 360 g/mol. The fourth-order valence-electron chi connectivity index (χ4n) is 3.29. The fourth-order valence-corrected chi connectivity index (χ4v) is 3.29. The number of hydrogen-bond donors (Lipinski definition) is 1. The standard InChI is InChI=1S/C20H20N6O/c21-14-25-10-4-5-16(13-25)26-19(22)11-18(24-26)15-8-9-20(23-12-15)27-17-6-2-1-3-7-17/h1-3,6-9,11-12,16H,4-5,10,13,22H2. The first kappa shape index (κ1) is 16.9. The van der Waals surface area contributed by atoms with Crippen LogP contribution in [0.2, 0.25) is 0 Å². The van der Waals surface area contributed by atoms with E-state index in [9.17, 15) is 0 Å². The van der Waals surface area contributed by atoms with Crippen molar-refractivity contribution in [3.05, 3.63) is 54.7 Å². The molecule has 1 fully saturated rings. The number of hydrogen-bond acceptors (Lipinski definition) is 6.